The molecule has 0 aromatic rings. The van der Waals surface area contributed by atoms with Gasteiger partial charge < -0.3 is 36.0 Å². The largest absolute Gasteiger partial charge is 0.394 e. The lowest BCUT2D eigenvalue weighted by molar-refractivity contribution is -0.135. The second-order valence-electron chi connectivity index (χ2n) is 9.20. The summed E-state index contributed by atoms with van der Waals surface area (Å²) in [5, 5.41) is 36.5. The molecule has 0 saturated carbocycles. The lowest BCUT2D eigenvalue weighted by atomic mass is 9.94. The zero-order valence-electron chi connectivity index (χ0n) is 20.1. The quantitative estimate of drug-likeness (QED) is 0.0879. The number of aliphatic hydroxyl groups excluding tert-OH is 3. The topological polar surface area (TPSA) is 161 Å². The number of hydrogen-bond donors (Lipinski definition) is 6. The van der Waals surface area contributed by atoms with E-state index in [0.29, 0.717) is 18.0 Å². The van der Waals surface area contributed by atoms with Gasteiger partial charge in [0.2, 0.25) is 11.8 Å². The van der Waals surface area contributed by atoms with Crippen molar-refractivity contribution < 1.29 is 34.4 Å². The SMILES string of the molecule is C=C(C)CC(NC(=O)C(CO)NC(=O)C(CO)NCCCCCC(C)C)C(=O)C1(CO)CO1. The van der Waals surface area contributed by atoms with E-state index in [1.165, 1.54) is 0 Å². The number of unbranched alkanes of at least 4 members (excludes halogenated alkanes) is 2. The van der Waals surface area contributed by atoms with Gasteiger partial charge in [0.25, 0.3) is 0 Å². The Labute approximate surface area is 196 Å². The predicted molar refractivity (Wildman–Crippen MR) is 123 cm³/mol. The Morgan fingerprint density at radius 1 is 0.970 bits per heavy atom. The first-order valence-corrected chi connectivity index (χ1v) is 11.6. The molecule has 0 spiro atoms. The molecule has 0 bridgehead atoms. The number of epoxide rings is 1. The van der Waals surface area contributed by atoms with E-state index in [9.17, 15) is 29.7 Å². The van der Waals surface area contributed by atoms with Gasteiger partial charge >= 0.3 is 0 Å². The highest BCUT2D eigenvalue weighted by Gasteiger charge is 2.54. The first-order valence-electron chi connectivity index (χ1n) is 11.6. The highest BCUT2D eigenvalue weighted by molar-refractivity contribution is 5.98. The monoisotopic (exact) mass is 471 g/mol. The second-order valence-corrected chi connectivity index (χ2v) is 9.20. The molecule has 2 amide bonds. The van der Waals surface area contributed by atoms with Gasteiger partial charge in [-0.25, -0.2) is 0 Å². The fraction of sp³-hybridized carbons (Fsp3) is 0.783. The zero-order valence-corrected chi connectivity index (χ0v) is 20.1. The number of aliphatic hydroxyl groups is 3. The molecule has 1 fully saturated rings. The van der Waals surface area contributed by atoms with Crippen LogP contribution in [0.15, 0.2) is 12.2 Å². The summed E-state index contributed by atoms with van der Waals surface area (Å²) in [5.74, 6) is -1.23. The molecule has 0 aromatic carbocycles. The van der Waals surface area contributed by atoms with Gasteiger partial charge in [-0.1, -0.05) is 38.7 Å². The molecule has 0 aliphatic carbocycles. The lowest BCUT2D eigenvalue weighted by Crippen LogP contribution is -2.58. The van der Waals surface area contributed by atoms with Gasteiger partial charge in [-0.15, -0.1) is 6.58 Å². The number of ether oxygens (including phenoxy) is 1. The maximum atomic E-state index is 12.7. The van der Waals surface area contributed by atoms with Crippen molar-refractivity contribution in [2.75, 3.05) is 33.0 Å². The fourth-order valence-electron chi connectivity index (χ4n) is 3.38. The Kier molecular flexibility index (Phi) is 12.8. The summed E-state index contributed by atoms with van der Waals surface area (Å²) in [6.07, 6.45) is 4.20. The van der Waals surface area contributed by atoms with Crippen LogP contribution < -0.4 is 16.0 Å². The maximum absolute atomic E-state index is 12.7. The molecule has 10 nitrogen and oxygen atoms in total. The zero-order chi connectivity index (χ0) is 25.0. The van der Waals surface area contributed by atoms with Crippen molar-refractivity contribution in [1.29, 1.82) is 0 Å². The Hall–Kier alpha value is -1.85. The summed E-state index contributed by atoms with van der Waals surface area (Å²) in [7, 11) is 0. The molecule has 1 aliphatic heterocycles. The first kappa shape index (κ1) is 29.2. The Morgan fingerprint density at radius 3 is 2.03 bits per heavy atom. The van der Waals surface area contributed by atoms with Gasteiger partial charge in [-0.05, 0) is 32.2 Å². The molecular weight excluding hydrogens is 430 g/mol. The molecule has 0 aromatic heterocycles. The molecule has 4 atom stereocenters. The summed E-state index contributed by atoms with van der Waals surface area (Å²) in [4.78, 5) is 37.9. The lowest BCUT2D eigenvalue weighted by Gasteiger charge is -2.25. The molecule has 10 heteroatoms. The normalized spacial score (nSPS) is 20.1. The summed E-state index contributed by atoms with van der Waals surface area (Å²) >= 11 is 0. The Morgan fingerprint density at radius 2 is 1.55 bits per heavy atom. The smallest absolute Gasteiger partial charge is 0.245 e. The number of rotatable bonds is 18. The van der Waals surface area contributed by atoms with E-state index >= 15 is 0 Å². The van der Waals surface area contributed by atoms with Crippen LogP contribution in [0.25, 0.3) is 0 Å². The Bertz CT molecular complexity index is 664. The minimum absolute atomic E-state index is 0.0619. The summed E-state index contributed by atoms with van der Waals surface area (Å²) in [6.45, 7) is 8.71. The van der Waals surface area contributed by atoms with Crippen molar-refractivity contribution in [2.45, 2.75) is 76.6 Å². The van der Waals surface area contributed by atoms with E-state index in [-0.39, 0.29) is 13.0 Å². The number of Topliss-reactive ketones (excluding diaryl/α,β-unsaturated/α-hetero) is 1. The van der Waals surface area contributed by atoms with Crippen LogP contribution in [0.4, 0.5) is 0 Å². The van der Waals surface area contributed by atoms with E-state index in [1.54, 1.807) is 6.92 Å². The number of carbonyl (C=O) groups is 3. The number of nitrogens with one attached hydrogen (secondary N) is 3. The van der Waals surface area contributed by atoms with E-state index in [4.69, 9.17) is 4.74 Å². The minimum atomic E-state index is -1.33. The third-order valence-electron chi connectivity index (χ3n) is 5.55. The van der Waals surface area contributed by atoms with Crippen molar-refractivity contribution in [1.82, 2.24) is 16.0 Å². The number of carbonyl (C=O) groups excluding carboxylic acids is 3. The minimum Gasteiger partial charge on any atom is -0.394 e. The molecule has 1 rings (SSSR count). The highest BCUT2D eigenvalue weighted by Crippen LogP contribution is 2.29. The second kappa shape index (κ2) is 14.4. The maximum Gasteiger partial charge on any atom is 0.245 e. The predicted octanol–water partition coefficient (Wildman–Crippen LogP) is -0.588. The fourth-order valence-corrected chi connectivity index (χ4v) is 3.38. The summed E-state index contributed by atoms with van der Waals surface area (Å²) in [6, 6.07) is -3.26. The summed E-state index contributed by atoms with van der Waals surface area (Å²) in [5.41, 5.74) is -0.697. The molecule has 190 valence electrons. The van der Waals surface area contributed by atoms with Gasteiger partial charge in [-0.2, -0.15) is 0 Å². The van der Waals surface area contributed by atoms with E-state index in [0.717, 1.165) is 25.7 Å². The van der Waals surface area contributed by atoms with Crippen LogP contribution in [0.5, 0.6) is 0 Å². The molecule has 6 N–H and O–H groups in total. The van der Waals surface area contributed by atoms with Gasteiger partial charge in [0.15, 0.2) is 11.4 Å². The average Bonchev–Trinajstić information content (AvgIpc) is 3.56. The molecule has 4 unspecified atom stereocenters. The molecule has 1 saturated heterocycles. The molecule has 1 aliphatic rings. The molecule has 33 heavy (non-hydrogen) atoms. The van der Waals surface area contributed by atoms with Crippen molar-refractivity contribution >= 4 is 17.6 Å². The first-order chi connectivity index (χ1) is 15.6. The summed E-state index contributed by atoms with van der Waals surface area (Å²) < 4.78 is 5.09. The Balaban J connectivity index is 2.62. The van der Waals surface area contributed by atoms with E-state index in [2.05, 4.69) is 36.4 Å². The highest BCUT2D eigenvalue weighted by atomic mass is 16.6. The van der Waals surface area contributed by atoms with Crippen LogP contribution in [0.3, 0.4) is 0 Å². The van der Waals surface area contributed by atoms with Crippen LogP contribution in [0, 0.1) is 5.92 Å². The van der Waals surface area contributed by atoms with E-state index < -0.39 is 61.1 Å². The van der Waals surface area contributed by atoms with Gasteiger partial charge in [0.05, 0.1) is 32.5 Å². The van der Waals surface area contributed by atoms with Crippen molar-refractivity contribution in [3.05, 3.63) is 12.2 Å². The molecule has 0 radical (unpaired) electrons. The van der Waals surface area contributed by atoms with Gasteiger partial charge in [-0.3, -0.25) is 14.4 Å². The standard InChI is InChI=1S/C23H41N3O7/c1-15(2)8-6-5-7-9-24-18(11-27)21(31)26-19(12-28)22(32)25-17(10-16(3)4)20(30)23(13-29)14-33-23/h15,17-19,24,27-29H,3,5-14H2,1-2,4H3,(H,25,32)(H,26,31). The number of amides is 2. The van der Waals surface area contributed by atoms with Crippen molar-refractivity contribution in [3.8, 4) is 0 Å². The van der Waals surface area contributed by atoms with Crippen LogP contribution in [0.2, 0.25) is 0 Å². The molecule has 1 heterocycles. The number of ketones is 1. The van der Waals surface area contributed by atoms with Crippen LogP contribution >= 0.6 is 0 Å². The molecular formula is C23H41N3O7. The number of hydrogen-bond acceptors (Lipinski definition) is 8. The van der Waals surface area contributed by atoms with Crippen LogP contribution in [0.1, 0.15) is 52.9 Å². The third kappa shape index (κ3) is 9.89. The third-order valence-corrected chi connectivity index (χ3v) is 5.55. The average molecular weight is 472 g/mol. The van der Waals surface area contributed by atoms with Crippen molar-refractivity contribution in [3.63, 3.8) is 0 Å². The van der Waals surface area contributed by atoms with Crippen LogP contribution in [-0.4, -0.2) is 89.6 Å². The van der Waals surface area contributed by atoms with E-state index in [1.807, 2.05) is 0 Å². The van der Waals surface area contributed by atoms with Crippen LogP contribution in [-0.2, 0) is 19.1 Å². The van der Waals surface area contributed by atoms with Gasteiger partial charge in [0, 0.05) is 0 Å². The van der Waals surface area contributed by atoms with Gasteiger partial charge in [0.1, 0.15) is 12.1 Å². The van der Waals surface area contributed by atoms with Crippen molar-refractivity contribution in [2.24, 2.45) is 5.92 Å².